The number of hydrogen-bond acceptors (Lipinski definition) is 4. The maximum absolute atomic E-state index is 13.6. The Morgan fingerprint density at radius 2 is 1.76 bits per heavy atom. The summed E-state index contributed by atoms with van der Waals surface area (Å²) in [6.07, 6.45) is -0.838. The zero-order valence-electron chi connectivity index (χ0n) is 11.6. The largest absolute Gasteiger partial charge is 0.496 e. The van der Waals surface area contributed by atoms with Gasteiger partial charge in [-0.1, -0.05) is 12.1 Å². The summed E-state index contributed by atoms with van der Waals surface area (Å²) < 4.78 is 24.4. The van der Waals surface area contributed by atoms with Crippen molar-refractivity contribution in [2.45, 2.75) is 13.0 Å². The molecule has 0 unspecified atom stereocenters. The second-order valence-corrected chi connectivity index (χ2v) is 4.37. The van der Waals surface area contributed by atoms with Crippen molar-refractivity contribution < 1.29 is 19.0 Å². The predicted octanol–water partition coefficient (Wildman–Crippen LogP) is 3.55. The van der Waals surface area contributed by atoms with E-state index >= 15 is 0 Å². The minimum Gasteiger partial charge on any atom is -0.496 e. The van der Waals surface area contributed by atoms with E-state index in [1.54, 1.807) is 31.2 Å². The number of aliphatic hydroxyl groups excluding tert-OH is 1. The summed E-state index contributed by atoms with van der Waals surface area (Å²) >= 11 is 0. The van der Waals surface area contributed by atoms with Gasteiger partial charge in [0.1, 0.15) is 34.7 Å². The van der Waals surface area contributed by atoms with Crippen LogP contribution in [0.4, 0.5) is 4.39 Å². The molecule has 4 nitrogen and oxygen atoms in total. The molecule has 0 aliphatic carbocycles. The zero-order valence-corrected chi connectivity index (χ0v) is 11.6. The Balaban J connectivity index is 2.51. The summed E-state index contributed by atoms with van der Waals surface area (Å²) in [4.78, 5) is 0. The first kappa shape index (κ1) is 14.8. The van der Waals surface area contributed by atoms with Gasteiger partial charge in [0.05, 0.1) is 18.8 Å². The molecule has 2 aromatic carbocycles. The molecule has 0 aliphatic rings. The normalized spacial score (nSPS) is 11.6. The average molecular weight is 287 g/mol. The van der Waals surface area contributed by atoms with Crippen molar-refractivity contribution >= 4 is 0 Å². The summed E-state index contributed by atoms with van der Waals surface area (Å²) in [5.74, 6) is 0.202. The fourth-order valence-electron chi connectivity index (χ4n) is 2.02. The van der Waals surface area contributed by atoms with Crippen LogP contribution in [-0.4, -0.2) is 12.2 Å². The molecule has 2 rings (SSSR count). The van der Waals surface area contributed by atoms with Crippen LogP contribution in [0.5, 0.6) is 17.2 Å². The Bertz CT molecular complexity index is 692. The molecule has 0 saturated carbocycles. The fourth-order valence-corrected chi connectivity index (χ4v) is 2.02. The lowest BCUT2D eigenvalue weighted by Gasteiger charge is -2.17. The third-order valence-electron chi connectivity index (χ3n) is 2.97. The molecule has 1 atom stereocenters. The van der Waals surface area contributed by atoms with E-state index in [0.717, 1.165) is 0 Å². The van der Waals surface area contributed by atoms with Gasteiger partial charge in [-0.05, 0) is 31.2 Å². The Morgan fingerprint density at radius 3 is 2.38 bits per heavy atom. The van der Waals surface area contributed by atoms with Crippen molar-refractivity contribution in [2.24, 2.45) is 0 Å². The topological polar surface area (TPSA) is 62.5 Å². The van der Waals surface area contributed by atoms with E-state index in [2.05, 4.69) is 0 Å². The standard InChI is InChI=1S/C16H14FNO3/c1-10(19)16-14(20-2)7-4-8-15(16)21-13-6-3-5-12(17)11(13)9-18/h3-8,10,19H,1-2H3/t10-/m0/s1. The Kier molecular flexibility index (Phi) is 4.41. The van der Waals surface area contributed by atoms with Crippen LogP contribution in [0.25, 0.3) is 0 Å². The summed E-state index contributed by atoms with van der Waals surface area (Å²) in [5.41, 5.74) is 0.255. The molecule has 21 heavy (non-hydrogen) atoms. The van der Waals surface area contributed by atoms with Crippen molar-refractivity contribution in [1.82, 2.24) is 0 Å². The first-order valence-corrected chi connectivity index (χ1v) is 6.30. The number of nitriles is 1. The van der Waals surface area contributed by atoms with Gasteiger partial charge in [-0.3, -0.25) is 0 Å². The summed E-state index contributed by atoms with van der Waals surface area (Å²) in [6, 6.07) is 10.9. The van der Waals surface area contributed by atoms with Gasteiger partial charge in [0.2, 0.25) is 0 Å². The van der Waals surface area contributed by atoms with E-state index in [9.17, 15) is 9.50 Å². The van der Waals surface area contributed by atoms with E-state index in [-0.39, 0.29) is 11.3 Å². The fraction of sp³-hybridized carbons (Fsp3) is 0.188. The molecule has 0 aliphatic heterocycles. The molecular weight excluding hydrogens is 273 g/mol. The van der Waals surface area contributed by atoms with Crippen molar-refractivity contribution in [3.05, 3.63) is 53.3 Å². The Labute approximate surface area is 122 Å². The van der Waals surface area contributed by atoms with Crippen molar-refractivity contribution in [3.8, 4) is 23.3 Å². The van der Waals surface area contributed by atoms with Crippen LogP contribution in [-0.2, 0) is 0 Å². The number of methoxy groups -OCH3 is 1. The van der Waals surface area contributed by atoms with E-state index in [1.807, 2.05) is 0 Å². The summed E-state index contributed by atoms with van der Waals surface area (Å²) in [7, 11) is 1.48. The number of rotatable bonds is 4. The highest BCUT2D eigenvalue weighted by atomic mass is 19.1. The van der Waals surface area contributed by atoms with E-state index in [0.29, 0.717) is 17.1 Å². The minimum absolute atomic E-state index is 0.0904. The van der Waals surface area contributed by atoms with Crippen LogP contribution >= 0.6 is 0 Å². The highest BCUT2D eigenvalue weighted by Crippen LogP contribution is 2.37. The lowest BCUT2D eigenvalue weighted by Crippen LogP contribution is -2.01. The van der Waals surface area contributed by atoms with Crippen molar-refractivity contribution in [1.29, 1.82) is 5.26 Å². The summed E-state index contributed by atoms with van der Waals surface area (Å²) in [6.45, 7) is 1.57. The maximum Gasteiger partial charge on any atom is 0.148 e. The molecule has 0 amide bonds. The Morgan fingerprint density at radius 1 is 1.14 bits per heavy atom. The van der Waals surface area contributed by atoms with E-state index in [4.69, 9.17) is 14.7 Å². The molecule has 2 aromatic rings. The van der Waals surface area contributed by atoms with Gasteiger partial charge >= 0.3 is 0 Å². The monoisotopic (exact) mass is 287 g/mol. The molecule has 0 radical (unpaired) electrons. The molecule has 0 fully saturated rings. The van der Waals surface area contributed by atoms with Gasteiger partial charge < -0.3 is 14.6 Å². The van der Waals surface area contributed by atoms with Gasteiger partial charge in [0.25, 0.3) is 0 Å². The number of halogens is 1. The first-order valence-electron chi connectivity index (χ1n) is 6.30. The van der Waals surface area contributed by atoms with Gasteiger partial charge in [-0.15, -0.1) is 0 Å². The number of benzene rings is 2. The number of nitrogens with zero attached hydrogens (tertiary/aromatic N) is 1. The third kappa shape index (κ3) is 2.96. The molecule has 0 heterocycles. The molecule has 1 N–H and O–H groups in total. The molecular formula is C16H14FNO3. The lowest BCUT2D eigenvalue weighted by atomic mass is 10.1. The minimum atomic E-state index is -0.838. The van der Waals surface area contributed by atoms with Gasteiger partial charge in [-0.25, -0.2) is 4.39 Å². The zero-order chi connectivity index (χ0) is 15.4. The van der Waals surface area contributed by atoms with Crippen LogP contribution in [0.3, 0.4) is 0 Å². The van der Waals surface area contributed by atoms with Crippen LogP contribution in [0.1, 0.15) is 24.2 Å². The second-order valence-electron chi connectivity index (χ2n) is 4.37. The molecule has 5 heteroatoms. The van der Waals surface area contributed by atoms with Crippen LogP contribution < -0.4 is 9.47 Å². The van der Waals surface area contributed by atoms with Crippen LogP contribution in [0, 0.1) is 17.1 Å². The van der Waals surface area contributed by atoms with Gasteiger partial charge in [0.15, 0.2) is 0 Å². The number of hydrogen-bond donors (Lipinski definition) is 1. The number of aliphatic hydroxyl groups is 1. The smallest absolute Gasteiger partial charge is 0.148 e. The third-order valence-corrected chi connectivity index (χ3v) is 2.97. The number of ether oxygens (including phenoxy) is 2. The van der Waals surface area contributed by atoms with E-state index in [1.165, 1.54) is 25.3 Å². The molecule has 0 saturated heterocycles. The van der Waals surface area contributed by atoms with E-state index < -0.39 is 11.9 Å². The van der Waals surface area contributed by atoms with Crippen molar-refractivity contribution in [2.75, 3.05) is 7.11 Å². The lowest BCUT2D eigenvalue weighted by molar-refractivity contribution is 0.190. The first-order chi connectivity index (χ1) is 10.1. The van der Waals surface area contributed by atoms with Gasteiger partial charge in [-0.2, -0.15) is 5.26 Å². The highest BCUT2D eigenvalue weighted by Gasteiger charge is 2.18. The molecule has 0 aromatic heterocycles. The van der Waals surface area contributed by atoms with Crippen LogP contribution in [0.2, 0.25) is 0 Å². The average Bonchev–Trinajstić information content (AvgIpc) is 2.47. The predicted molar refractivity (Wildman–Crippen MR) is 74.8 cm³/mol. The SMILES string of the molecule is COc1cccc(Oc2cccc(F)c2C#N)c1[C@H](C)O. The van der Waals surface area contributed by atoms with Gasteiger partial charge in [0, 0.05) is 0 Å². The molecule has 0 bridgehead atoms. The summed E-state index contributed by atoms with van der Waals surface area (Å²) in [5, 5.41) is 18.9. The Hall–Kier alpha value is -2.58. The highest BCUT2D eigenvalue weighted by molar-refractivity contribution is 5.51. The quantitative estimate of drug-likeness (QED) is 0.934. The maximum atomic E-state index is 13.6. The van der Waals surface area contributed by atoms with Crippen LogP contribution in [0.15, 0.2) is 36.4 Å². The molecule has 0 spiro atoms. The second kappa shape index (κ2) is 6.25. The van der Waals surface area contributed by atoms with Crippen molar-refractivity contribution in [3.63, 3.8) is 0 Å². The molecule has 108 valence electrons.